The van der Waals surface area contributed by atoms with E-state index < -0.39 is 5.78 Å². The molecular weight excluding hydrogens is 499 g/mol. The van der Waals surface area contributed by atoms with Gasteiger partial charge in [-0.25, -0.2) is 0 Å². The van der Waals surface area contributed by atoms with Crippen LogP contribution in [0.15, 0.2) is 65.3 Å². The van der Waals surface area contributed by atoms with Crippen molar-refractivity contribution in [1.29, 1.82) is 0 Å². The molecule has 0 aliphatic carbocycles. The predicted octanol–water partition coefficient (Wildman–Crippen LogP) is 6.33. The Morgan fingerprint density at radius 2 is 1.82 bits per heavy atom. The van der Waals surface area contributed by atoms with Crippen LogP contribution in [0.2, 0.25) is 15.2 Å². The molecule has 0 N–H and O–H groups in total. The number of halogens is 3. The molecule has 5 rings (SSSR count). The zero-order chi connectivity index (χ0) is 23.8. The average Bonchev–Trinajstić information content (AvgIpc) is 3.44. The summed E-state index contributed by atoms with van der Waals surface area (Å²) < 4.78 is 12.8. The molecule has 2 aromatic carbocycles. The predicted molar refractivity (Wildman–Crippen MR) is 130 cm³/mol. The molecule has 0 amide bonds. The highest BCUT2D eigenvalue weighted by atomic mass is 35.5. The monoisotopic (exact) mass is 512 g/mol. The molecule has 0 unspecified atom stereocenters. The van der Waals surface area contributed by atoms with Crippen LogP contribution < -0.4 is 4.74 Å². The second-order valence-electron chi connectivity index (χ2n) is 7.35. The van der Waals surface area contributed by atoms with Gasteiger partial charge in [-0.05, 0) is 48.0 Å². The van der Waals surface area contributed by atoms with Crippen LogP contribution in [0.4, 0.5) is 0 Å². The Balaban J connectivity index is 1.62. The van der Waals surface area contributed by atoms with Crippen LogP contribution >= 0.6 is 34.8 Å². The maximum absolute atomic E-state index is 13.5. The molecule has 0 saturated heterocycles. The molecule has 170 valence electrons. The number of pyridine rings is 1. The molecule has 0 aliphatic rings. The summed E-state index contributed by atoms with van der Waals surface area (Å²) in [7, 11) is 1.55. The van der Waals surface area contributed by atoms with Crippen molar-refractivity contribution in [3.63, 3.8) is 0 Å². The highest BCUT2D eigenvalue weighted by Crippen LogP contribution is 2.36. The lowest BCUT2D eigenvalue weighted by molar-refractivity contribution is 0.100. The second-order valence-corrected chi connectivity index (χ2v) is 8.55. The van der Waals surface area contributed by atoms with E-state index >= 15 is 0 Å². The Labute approximate surface area is 208 Å². The quantitative estimate of drug-likeness (QED) is 0.247. The SMILES string of the molecule is COc1ccc2c(c1)c(C(=O)c1nnc(-c3ccncc3)o1)c(Cl)n2Cc1ccc(Cl)cc1Cl. The summed E-state index contributed by atoms with van der Waals surface area (Å²) in [6, 6.07) is 14.0. The molecule has 0 saturated carbocycles. The number of methoxy groups -OCH3 is 1. The Kier molecular flexibility index (Phi) is 6.00. The van der Waals surface area contributed by atoms with Gasteiger partial charge in [-0.2, -0.15) is 0 Å². The van der Waals surface area contributed by atoms with Gasteiger partial charge in [-0.3, -0.25) is 9.78 Å². The summed E-state index contributed by atoms with van der Waals surface area (Å²) in [4.78, 5) is 17.5. The minimum Gasteiger partial charge on any atom is -0.497 e. The molecule has 3 heterocycles. The number of aromatic nitrogens is 4. The van der Waals surface area contributed by atoms with Crippen LogP contribution in [-0.2, 0) is 6.54 Å². The van der Waals surface area contributed by atoms with E-state index in [4.69, 9.17) is 44.0 Å². The maximum Gasteiger partial charge on any atom is 0.289 e. The number of benzene rings is 2. The molecule has 10 heteroatoms. The van der Waals surface area contributed by atoms with Gasteiger partial charge in [0.1, 0.15) is 10.9 Å². The number of carbonyl (C=O) groups is 1. The van der Waals surface area contributed by atoms with Crippen LogP contribution in [0.25, 0.3) is 22.4 Å². The topological polar surface area (TPSA) is 83.0 Å². The summed E-state index contributed by atoms with van der Waals surface area (Å²) in [6.45, 7) is 0.317. The van der Waals surface area contributed by atoms with Crippen molar-refractivity contribution in [2.75, 3.05) is 7.11 Å². The lowest BCUT2D eigenvalue weighted by atomic mass is 10.1. The number of hydrogen-bond donors (Lipinski definition) is 0. The Hall–Kier alpha value is -3.39. The van der Waals surface area contributed by atoms with Gasteiger partial charge >= 0.3 is 0 Å². The van der Waals surface area contributed by atoms with Crippen molar-refractivity contribution in [2.45, 2.75) is 6.54 Å². The molecule has 0 spiro atoms. The van der Waals surface area contributed by atoms with Crippen molar-refractivity contribution in [3.8, 4) is 17.2 Å². The summed E-state index contributed by atoms with van der Waals surface area (Å²) in [5.74, 6) is 0.0937. The fourth-order valence-electron chi connectivity index (χ4n) is 3.65. The minimum atomic E-state index is -0.503. The van der Waals surface area contributed by atoms with Crippen LogP contribution in [0.5, 0.6) is 5.75 Å². The van der Waals surface area contributed by atoms with Gasteiger partial charge in [-0.15, -0.1) is 10.2 Å². The van der Waals surface area contributed by atoms with Crippen molar-refractivity contribution < 1.29 is 13.9 Å². The smallest absolute Gasteiger partial charge is 0.289 e. The van der Waals surface area contributed by atoms with E-state index in [-0.39, 0.29) is 22.5 Å². The first kappa shape index (κ1) is 22.4. The molecule has 0 aliphatic heterocycles. The van der Waals surface area contributed by atoms with Gasteiger partial charge in [0, 0.05) is 33.4 Å². The van der Waals surface area contributed by atoms with Crippen molar-refractivity contribution >= 4 is 51.5 Å². The number of hydrogen-bond acceptors (Lipinski definition) is 6. The highest BCUT2D eigenvalue weighted by molar-refractivity contribution is 6.37. The fraction of sp³-hybridized carbons (Fsp3) is 0.0833. The molecular formula is C24H15Cl3N4O3. The van der Waals surface area contributed by atoms with Gasteiger partial charge in [-0.1, -0.05) is 40.9 Å². The maximum atomic E-state index is 13.5. The molecule has 0 radical (unpaired) electrons. The summed E-state index contributed by atoms with van der Waals surface area (Å²) in [6.07, 6.45) is 3.19. The molecule has 5 aromatic rings. The summed E-state index contributed by atoms with van der Waals surface area (Å²) in [5.41, 5.74) is 2.38. The van der Waals surface area contributed by atoms with Gasteiger partial charge < -0.3 is 13.7 Å². The van der Waals surface area contributed by atoms with Crippen molar-refractivity contribution in [1.82, 2.24) is 19.7 Å². The van der Waals surface area contributed by atoms with E-state index in [1.54, 1.807) is 60.5 Å². The molecule has 34 heavy (non-hydrogen) atoms. The number of nitrogens with zero attached hydrogens (tertiary/aromatic N) is 4. The first-order valence-electron chi connectivity index (χ1n) is 10.0. The first-order valence-corrected chi connectivity index (χ1v) is 11.2. The molecule has 0 bridgehead atoms. The van der Waals surface area contributed by atoms with E-state index in [0.29, 0.717) is 38.8 Å². The van der Waals surface area contributed by atoms with Crippen LogP contribution in [0.1, 0.15) is 21.8 Å². The number of ketones is 1. The third-order valence-corrected chi connectivity index (χ3v) is 6.30. The molecule has 3 aromatic heterocycles. The van der Waals surface area contributed by atoms with E-state index in [9.17, 15) is 4.79 Å². The van der Waals surface area contributed by atoms with Gasteiger partial charge in [0.05, 0.1) is 24.7 Å². The second kappa shape index (κ2) is 9.10. The lowest BCUT2D eigenvalue weighted by Gasteiger charge is -2.10. The standard InChI is InChI=1S/C24H15Cl3N4O3/c1-33-16-4-5-19-17(11-16)20(22(27)31(19)12-14-2-3-15(25)10-18(14)26)21(32)24-30-29-23(34-24)13-6-8-28-9-7-13/h2-11H,12H2,1H3. The first-order chi connectivity index (χ1) is 16.5. The van der Waals surface area contributed by atoms with Crippen LogP contribution in [-0.4, -0.2) is 32.6 Å². The Bertz CT molecular complexity index is 1530. The van der Waals surface area contributed by atoms with Gasteiger partial charge in [0.2, 0.25) is 5.89 Å². The third kappa shape index (κ3) is 4.03. The molecule has 0 atom stereocenters. The van der Waals surface area contributed by atoms with Crippen molar-refractivity contribution in [2.24, 2.45) is 0 Å². The Morgan fingerprint density at radius 1 is 1.03 bits per heavy atom. The van der Waals surface area contributed by atoms with E-state index in [2.05, 4.69) is 15.2 Å². The lowest BCUT2D eigenvalue weighted by Crippen LogP contribution is -2.04. The summed E-state index contributed by atoms with van der Waals surface area (Å²) >= 11 is 19.2. The molecule has 0 fully saturated rings. The number of carbonyl (C=O) groups excluding carboxylic acids is 1. The van der Waals surface area contributed by atoms with Gasteiger partial charge in [0.15, 0.2) is 0 Å². The van der Waals surface area contributed by atoms with E-state index in [0.717, 1.165) is 5.56 Å². The third-order valence-electron chi connectivity index (χ3n) is 5.32. The average molecular weight is 514 g/mol. The minimum absolute atomic E-state index is 0.180. The Morgan fingerprint density at radius 3 is 2.56 bits per heavy atom. The fourth-order valence-corrected chi connectivity index (χ4v) is 4.46. The van der Waals surface area contributed by atoms with E-state index in [1.807, 2.05) is 12.1 Å². The number of ether oxygens (including phenoxy) is 1. The summed E-state index contributed by atoms with van der Waals surface area (Å²) in [5, 5.41) is 9.77. The largest absolute Gasteiger partial charge is 0.497 e. The van der Waals surface area contributed by atoms with Crippen molar-refractivity contribution in [3.05, 3.63) is 93.1 Å². The number of fused-ring (bicyclic) bond motifs is 1. The zero-order valence-corrected chi connectivity index (χ0v) is 19.9. The number of rotatable bonds is 6. The van der Waals surface area contributed by atoms with Gasteiger partial charge in [0.25, 0.3) is 11.7 Å². The van der Waals surface area contributed by atoms with E-state index in [1.165, 1.54) is 0 Å². The zero-order valence-electron chi connectivity index (χ0n) is 17.6. The molecule has 7 nitrogen and oxygen atoms in total. The van der Waals surface area contributed by atoms with Crippen LogP contribution in [0.3, 0.4) is 0 Å². The van der Waals surface area contributed by atoms with Crippen LogP contribution in [0, 0.1) is 0 Å². The highest BCUT2D eigenvalue weighted by Gasteiger charge is 2.27. The normalized spacial score (nSPS) is 11.2.